The smallest absolute Gasteiger partial charge is 0.329 e. The molecule has 0 saturated carbocycles. The number of aliphatic carboxylic acids is 1. The number of aliphatic hydroxyl groups excluding tert-OH is 1. The lowest BCUT2D eigenvalue weighted by molar-refractivity contribution is -0.138. The zero-order valence-corrected chi connectivity index (χ0v) is 7.96. The summed E-state index contributed by atoms with van der Waals surface area (Å²) in [7, 11) is 0. The van der Waals surface area contributed by atoms with E-state index in [9.17, 15) is 9.59 Å². The first-order valence-electron chi connectivity index (χ1n) is 4.50. The molecule has 2 atom stereocenters. The van der Waals surface area contributed by atoms with Gasteiger partial charge < -0.3 is 10.2 Å². The lowest BCUT2D eigenvalue weighted by atomic mass is 9.93. The van der Waals surface area contributed by atoms with E-state index in [-0.39, 0.29) is 18.1 Å². The Morgan fingerprint density at radius 2 is 2.47 bits per heavy atom. The van der Waals surface area contributed by atoms with Crippen LogP contribution < -0.4 is 0 Å². The van der Waals surface area contributed by atoms with Gasteiger partial charge in [0, 0.05) is 0 Å². The van der Waals surface area contributed by atoms with Crippen molar-refractivity contribution >= 4 is 12.0 Å². The zero-order valence-electron chi connectivity index (χ0n) is 7.96. The molecule has 0 fully saturated rings. The standard InChI is InChI=1S/C10H11NO4/c12-6-11-9(10(14)15)5-7-1-3-8(13)4-2-7/h1,3-4,7,9,13H,2,5H2,(H,14,15)/t7?,9-/m0/s1. The molecule has 2 N–H and O–H groups in total. The van der Waals surface area contributed by atoms with Gasteiger partial charge in [-0.2, -0.15) is 4.99 Å². The van der Waals surface area contributed by atoms with E-state index in [4.69, 9.17) is 10.2 Å². The van der Waals surface area contributed by atoms with Gasteiger partial charge in [0.1, 0.15) is 5.76 Å². The third-order valence-electron chi connectivity index (χ3n) is 2.19. The summed E-state index contributed by atoms with van der Waals surface area (Å²) in [5.74, 6) is -0.971. The van der Waals surface area contributed by atoms with E-state index in [1.807, 2.05) is 0 Å². The van der Waals surface area contributed by atoms with Crippen molar-refractivity contribution in [1.82, 2.24) is 0 Å². The molecule has 0 aromatic carbocycles. The number of nitrogens with zero attached hydrogens (tertiary/aromatic N) is 1. The summed E-state index contributed by atoms with van der Waals surface area (Å²) in [5, 5.41) is 17.8. The Balaban J connectivity index is 2.57. The molecular weight excluding hydrogens is 198 g/mol. The van der Waals surface area contributed by atoms with Gasteiger partial charge >= 0.3 is 5.97 Å². The van der Waals surface area contributed by atoms with Gasteiger partial charge in [0.2, 0.25) is 6.08 Å². The summed E-state index contributed by atoms with van der Waals surface area (Å²) in [5.41, 5.74) is 0. The molecule has 1 rings (SSSR count). The van der Waals surface area contributed by atoms with Gasteiger partial charge in [-0.25, -0.2) is 9.59 Å². The minimum atomic E-state index is -1.13. The highest BCUT2D eigenvalue weighted by Gasteiger charge is 2.21. The Morgan fingerprint density at radius 3 is 2.93 bits per heavy atom. The molecule has 5 heteroatoms. The van der Waals surface area contributed by atoms with Crippen molar-refractivity contribution < 1.29 is 19.8 Å². The van der Waals surface area contributed by atoms with Crippen LogP contribution in [0.25, 0.3) is 0 Å². The predicted molar refractivity (Wildman–Crippen MR) is 52.1 cm³/mol. The lowest BCUT2D eigenvalue weighted by Crippen LogP contribution is -2.21. The van der Waals surface area contributed by atoms with E-state index < -0.39 is 12.0 Å². The molecule has 0 aromatic heterocycles. The molecule has 5 nitrogen and oxygen atoms in total. The number of carboxylic acids is 1. The normalized spacial score (nSPS) is 21.3. The minimum absolute atomic E-state index is 0.0147. The second-order valence-electron chi connectivity index (χ2n) is 3.29. The zero-order chi connectivity index (χ0) is 11.3. The first-order chi connectivity index (χ1) is 7.13. The van der Waals surface area contributed by atoms with E-state index in [0.29, 0.717) is 6.42 Å². The summed E-state index contributed by atoms with van der Waals surface area (Å²) in [6.07, 6.45) is 6.88. The average molecular weight is 209 g/mol. The molecule has 15 heavy (non-hydrogen) atoms. The number of hydrogen-bond donors (Lipinski definition) is 2. The third kappa shape index (κ3) is 3.40. The first kappa shape index (κ1) is 11.2. The fourth-order valence-corrected chi connectivity index (χ4v) is 1.39. The maximum absolute atomic E-state index is 10.7. The minimum Gasteiger partial charge on any atom is -0.508 e. The topological polar surface area (TPSA) is 87.0 Å². The second-order valence-corrected chi connectivity index (χ2v) is 3.29. The van der Waals surface area contributed by atoms with E-state index in [2.05, 4.69) is 4.99 Å². The van der Waals surface area contributed by atoms with Gasteiger partial charge in [0.05, 0.1) is 0 Å². The number of carbonyl (C=O) groups excluding carboxylic acids is 1. The van der Waals surface area contributed by atoms with Crippen LogP contribution in [0.2, 0.25) is 0 Å². The van der Waals surface area contributed by atoms with Gasteiger partial charge in [-0.3, -0.25) is 0 Å². The fraction of sp³-hybridized carbons (Fsp3) is 0.400. The van der Waals surface area contributed by atoms with Crippen LogP contribution in [0.3, 0.4) is 0 Å². The number of aliphatic hydroxyl groups is 1. The predicted octanol–water partition coefficient (Wildman–Crippen LogP) is 1.18. The Labute approximate surface area is 86.4 Å². The monoisotopic (exact) mass is 209 g/mol. The van der Waals surface area contributed by atoms with Crippen molar-refractivity contribution in [3.05, 3.63) is 24.0 Å². The molecule has 0 saturated heterocycles. The largest absolute Gasteiger partial charge is 0.508 e. The number of carboxylic acid groups (broad SMARTS) is 1. The van der Waals surface area contributed by atoms with Crippen LogP contribution in [-0.4, -0.2) is 28.3 Å². The number of allylic oxidation sites excluding steroid dienone is 3. The van der Waals surface area contributed by atoms with Gasteiger partial charge in [0.25, 0.3) is 0 Å². The molecule has 0 spiro atoms. The summed E-state index contributed by atoms with van der Waals surface area (Å²) in [6, 6.07) is -1.05. The van der Waals surface area contributed by atoms with E-state index in [0.717, 1.165) is 0 Å². The second kappa shape index (κ2) is 5.12. The van der Waals surface area contributed by atoms with Crippen LogP contribution in [0, 0.1) is 5.92 Å². The quantitative estimate of drug-likeness (QED) is 0.537. The van der Waals surface area contributed by atoms with Crippen LogP contribution in [0.4, 0.5) is 0 Å². The van der Waals surface area contributed by atoms with Crippen molar-refractivity contribution in [2.45, 2.75) is 18.9 Å². The van der Waals surface area contributed by atoms with Crippen LogP contribution in [0.1, 0.15) is 12.8 Å². The highest BCUT2D eigenvalue weighted by Crippen LogP contribution is 2.20. The number of isocyanates is 1. The van der Waals surface area contributed by atoms with Crippen LogP contribution in [0.15, 0.2) is 29.0 Å². The number of aliphatic imine (C=N–C) groups is 1. The fourth-order valence-electron chi connectivity index (χ4n) is 1.39. The molecule has 0 bridgehead atoms. The summed E-state index contributed by atoms with van der Waals surface area (Å²) >= 11 is 0. The van der Waals surface area contributed by atoms with E-state index in [1.54, 1.807) is 12.2 Å². The molecule has 80 valence electrons. The van der Waals surface area contributed by atoms with Crippen LogP contribution >= 0.6 is 0 Å². The van der Waals surface area contributed by atoms with Crippen molar-refractivity contribution in [3.63, 3.8) is 0 Å². The van der Waals surface area contributed by atoms with Crippen LogP contribution in [-0.2, 0) is 9.59 Å². The molecule has 0 heterocycles. The Morgan fingerprint density at radius 1 is 1.73 bits per heavy atom. The molecule has 0 radical (unpaired) electrons. The van der Waals surface area contributed by atoms with Crippen molar-refractivity contribution in [2.24, 2.45) is 10.9 Å². The Bertz CT molecular complexity index is 350. The van der Waals surface area contributed by atoms with Crippen molar-refractivity contribution in [2.75, 3.05) is 0 Å². The molecule has 0 aromatic rings. The Kier molecular flexibility index (Phi) is 3.83. The SMILES string of the molecule is O=C=N[C@@H](CC1C=CC(O)=CC1)C(=O)O. The number of carbonyl (C=O) groups is 1. The van der Waals surface area contributed by atoms with Gasteiger partial charge in [-0.1, -0.05) is 6.08 Å². The number of rotatable bonds is 4. The molecule has 1 unspecified atom stereocenters. The van der Waals surface area contributed by atoms with E-state index >= 15 is 0 Å². The highest BCUT2D eigenvalue weighted by molar-refractivity contribution is 5.74. The maximum atomic E-state index is 10.7. The molecule has 1 aliphatic rings. The third-order valence-corrected chi connectivity index (χ3v) is 2.19. The first-order valence-corrected chi connectivity index (χ1v) is 4.50. The Hall–Kier alpha value is -1.87. The number of hydrogen-bond acceptors (Lipinski definition) is 4. The highest BCUT2D eigenvalue weighted by atomic mass is 16.4. The molecule has 0 aliphatic heterocycles. The van der Waals surface area contributed by atoms with Gasteiger partial charge in [0.15, 0.2) is 6.04 Å². The lowest BCUT2D eigenvalue weighted by Gasteiger charge is -2.15. The van der Waals surface area contributed by atoms with Crippen molar-refractivity contribution in [1.29, 1.82) is 0 Å². The summed E-state index contributed by atoms with van der Waals surface area (Å²) in [4.78, 5) is 23.9. The van der Waals surface area contributed by atoms with E-state index in [1.165, 1.54) is 12.2 Å². The molecular formula is C10H11NO4. The van der Waals surface area contributed by atoms with Crippen molar-refractivity contribution in [3.8, 4) is 0 Å². The maximum Gasteiger partial charge on any atom is 0.329 e. The van der Waals surface area contributed by atoms with Gasteiger partial charge in [-0.05, 0) is 30.9 Å². The molecule has 1 aliphatic carbocycles. The summed E-state index contributed by atoms with van der Waals surface area (Å²) < 4.78 is 0. The average Bonchev–Trinajstić information content (AvgIpc) is 2.20. The summed E-state index contributed by atoms with van der Waals surface area (Å²) in [6.45, 7) is 0. The molecule has 0 amide bonds. The van der Waals surface area contributed by atoms with Gasteiger partial charge in [-0.15, -0.1) is 0 Å². The van der Waals surface area contributed by atoms with Crippen LogP contribution in [0.5, 0.6) is 0 Å².